The molecule has 0 radical (unpaired) electrons. The first-order valence-corrected chi connectivity index (χ1v) is 7.47. The quantitative estimate of drug-likeness (QED) is 0.634. The van der Waals surface area contributed by atoms with Crippen LogP contribution in [0.2, 0.25) is 0 Å². The Bertz CT molecular complexity index is 265. The summed E-state index contributed by atoms with van der Waals surface area (Å²) in [6.07, 6.45) is 1.37. The molecular formula is C16H30F2O. The molecule has 0 saturated heterocycles. The first kappa shape index (κ1) is 18.6. The number of alkyl halides is 2. The van der Waals surface area contributed by atoms with Gasteiger partial charge in [-0.25, -0.2) is 8.78 Å². The van der Waals surface area contributed by atoms with Crippen molar-refractivity contribution in [1.82, 2.24) is 0 Å². The van der Waals surface area contributed by atoms with Crippen LogP contribution in [-0.4, -0.2) is 25.6 Å². The third-order valence-electron chi connectivity index (χ3n) is 3.90. The van der Waals surface area contributed by atoms with Gasteiger partial charge >= 0.3 is 0 Å². The summed E-state index contributed by atoms with van der Waals surface area (Å²) in [5, 5.41) is 0. The molecule has 0 aliphatic heterocycles. The van der Waals surface area contributed by atoms with Crippen LogP contribution in [0.25, 0.3) is 0 Å². The zero-order chi connectivity index (χ0) is 15.0. The highest BCUT2D eigenvalue weighted by molar-refractivity contribution is 5.12. The normalized spacial score (nSPS) is 25.5. The number of halogens is 2. The van der Waals surface area contributed by atoms with Gasteiger partial charge in [-0.05, 0) is 32.1 Å². The molecule has 1 rings (SSSR count). The molecule has 1 aliphatic rings. The second-order valence-corrected chi connectivity index (χ2v) is 5.28. The second kappa shape index (κ2) is 9.46. The largest absolute Gasteiger partial charge is 0.379 e. The molecule has 0 spiro atoms. The minimum atomic E-state index is -1.55. The Balaban J connectivity index is 0.00000154. The van der Waals surface area contributed by atoms with Gasteiger partial charge in [0.1, 0.15) is 6.17 Å². The van der Waals surface area contributed by atoms with Gasteiger partial charge in [0, 0.05) is 13.0 Å². The van der Waals surface area contributed by atoms with Crippen molar-refractivity contribution >= 4 is 0 Å². The van der Waals surface area contributed by atoms with Crippen LogP contribution < -0.4 is 0 Å². The van der Waals surface area contributed by atoms with E-state index in [4.69, 9.17) is 4.74 Å². The predicted octanol–water partition coefficient (Wildman–Crippen LogP) is 5.11. The average Bonchev–Trinajstić information content (AvgIpc) is 2.47. The van der Waals surface area contributed by atoms with Gasteiger partial charge in [0.2, 0.25) is 0 Å². The fourth-order valence-electron chi connectivity index (χ4n) is 2.27. The summed E-state index contributed by atoms with van der Waals surface area (Å²) in [7, 11) is 1.41. The van der Waals surface area contributed by atoms with E-state index in [0.29, 0.717) is 5.92 Å². The van der Waals surface area contributed by atoms with Gasteiger partial charge in [-0.3, -0.25) is 0 Å². The van der Waals surface area contributed by atoms with Crippen LogP contribution in [0.15, 0.2) is 11.6 Å². The van der Waals surface area contributed by atoms with Gasteiger partial charge in [0.05, 0.1) is 6.10 Å². The Morgan fingerprint density at radius 1 is 1.21 bits per heavy atom. The number of methoxy groups -OCH3 is 1. The third-order valence-corrected chi connectivity index (χ3v) is 3.90. The molecule has 0 amide bonds. The van der Waals surface area contributed by atoms with Gasteiger partial charge in [-0.15, -0.1) is 0 Å². The van der Waals surface area contributed by atoms with Crippen LogP contribution in [0.5, 0.6) is 0 Å². The monoisotopic (exact) mass is 276 g/mol. The zero-order valence-electron chi connectivity index (χ0n) is 13.2. The summed E-state index contributed by atoms with van der Waals surface area (Å²) in [5.41, 5.74) is 1.07. The van der Waals surface area contributed by atoms with Crippen LogP contribution in [0, 0.1) is 11.8 Å². The minimum absolute atomic E-state index is 0.338. The van der Waals surface area contributed by atoms with E-state index in [1.165, 1.54) is 7.11 Å². The number of allylic oxidation sites excluding steroid dienone is 2. The zero-order valence-corrected chi connectivity index (χ0v) is 13.2. The summed E-state index contributed by atoms with van der Waals surface area (Å²) >= 11 is 0. The SMILES string of the molecule is CC.COC(C)C(F)C(F)C(C)C1=CCC(C)CC1. The maximum atomic E-state index is 14.0. The molecule has 3 heteroatoms. The van der Waals surface area contributed by atoms with Crippen LogP contribution in [-0.2, 0) is 4.74 Å². The summed E-state index contributed by atoms with van der Waals surface area (Å²) in [5.74, 6) is 0.332. The fraction of sp³-hybridized carbons (Fsp3) is 0.875. The van der Waals surface area contributed by atoms with Gasteiger partial charge in [-0.1, -0.05) is 39.3 Å². The molecule has 0 bridgehead atoms. The topological polar surface area (TPSA) is 9.23 Å². The van der Waals surface area contributed by atoms with Crippen molar-refractivity contribution in [3.05, 3.63) is 11.6 Å². The molecule has 114 valence electrons. The van der Waals surface area contributed by atoms with Crippen molar-refractivity contribution in [2.75, 3.05) is 7.11 Å². The highest BCUT2D eigenvalue weighted by Gasteiger charge is 2.33. The number of rotatable bonds is 5. The molecule has 1 aliphatic carbocycles. The standard InChI is InChI=1S/C14H24F2O.C2H6/c1-9-5-7-12(8-6-9)10(2)13(15)14(16)11(3)17-4;1-2/h7,9-11,13-14H,5-6,8H2,1-4H3;1-2H3. The van der Waals surface area contributed by atoms with Crippen molar-refractivity contribution in [2.24, 2.45) is 11.8 Å². The molecule has 0 aromatic carbocycles. The van der Waals surface area contributed by atoms with Crippen molar-refractivity contribution in [3.63, 3.8) is 0 Å². The highest BCUT2D eigenvalue weighted by Crippen LogP contribution is 2.32. The van der Waals surface area contributed by atoms with E-state index in [1.807, 2.05) is 13.8 Å². The Morgan fingerprint density at radius 3 is 2.21 bits per heavy atom. The molecule has 0 aromatic heterocycles. The predicted molar refractivity (Wildman–Crippen MR) is 77.9 cm³/mol. The average molecular weight is 276 g/mol. The van der Waals surface area contributed by atoms with Crippen molar-refractivity contribution < 1.29 is 13.5 Å². The summed E-state index contributed by atoms with van der Waals surface area (Å²) in [6.45, 7) is 9.54. The summed E-state index contributed by atoms with van der Waals surface area (Å²) in [6, 6.07) is 0. The van der Waals surface area contributed by atoms with Crippen LogP contribution >= 0.6 is 0 Å². The fourth-order valence-corrected chi connectivity index (χ4v) is 2.27. The summed E-state index contributed by atoms with van der Waals surface area (Å²) < 4.78 is 32.6. The van der Waals surface area contributed by atoms with Crippen LogP contribution in [0.1, 0.15) is 53.9 Å². The van der Waals surface area contributed by atoms with Crippen molar-refractivity contribution in [1.29, 1.82) is 0 Å². The lowest BCUT2D eigenvalue weighted by atomic mass is 9.82. The van der Waals surface area contributed by atoms with Crippen LogP contribution in [0.4, 0.5) is 8.78 Å². The maximum Gasteiger partial charge on any atom is 0.157 e. The molecule has 1 nitrogen and oxygen atoms in total. The minimum Gasteiger partial charge on any atom is -0.379 e. The molecule has 0 fully saturated rings. The van der Waals surface area contributed by atoms with E-state index in [-0.39, 0.29) is 5.92 Å². The Morgan fingerprint density at radius 2 is 1.79 bits per heavy atom. The van der Waals surface area contributed by atoms with E-state index < -0.39 is 18.4 Å². The molecule has 19 heavy (non-hydrogen) atoms. The van der Waals surface area contributed by atoms with E-state index in [2.05, 4.69) is 13.0 Å². The second-order valence-electron chi connectivity index (χ2n) is 5.28. The lowest BCUT2D eigenvalue weighted by Gasteiger charge is -2.28. The lowest BCUT2D eigenvalue weighted by molar-refractivity contribution is -0.00485. The lowest BCUT2D eigenvalue weighted by Crippen LogP contribution is -2.35. The van der Waals surface area contributed by atoms with E-state index in [9.17, 15) is 8.78 Å². The Kier molecular flexibility index (Phi) is 9.24. The molecular weight excluding hydrogens is 246 g/mol. The van der Waals surface area contributed by atoms with Crippen LogP contribution in [0.3, 0.4) is 0 Å². The first-order chi connectivity index (χ1) is 8.97. The van der Waals surface area contributed by atoms with Crippen molar-refractivity contribution in [3.8, 4) is 0 Å². The highest BCUT2D eigenvalue weighted by atomic mass is 19.2. The summed E-state index contributed by atoms with van der Waals surface area (Å²) in [4.78, 5) is 0. The van der Waals surface area contributed by atoms with E-state index in [1.54, 1.807) is 13.8 Å². The molecule has 5 atom stereocenters. The van der Waals surface area contributed by atoms with Crippen molar-refractivity contribution in [2.45, 2.75) is 72.3 Å². The number of hydrogen-bond acceptors (Lipinski definition) is 1. The number of ether oxygens (including phenoxy) is 1. The molecule has 5 unspecified atom stereocenters. The maximum absolute atomic E-state index is 14.0. The van der Waals surface area contributed by atoms with Gasteiger partial charge in [-0.2, -0.15) is 0 Å². The molecule has 0 aromatic rings. The molecule has 0 heterocycles. The molecule has 0 N–H and O–H groups in total. The van der Waals surface area contributed by atoms with Gasteiger partial charge in [0.15, 0.2) is 6.17 Å². The first-order valence-electron chi connectivity index (χ1n) is 7.47. The van der Waals surface area contributed by atoms with Gasteiger partial charge < -0.3 is 4.74 Å². The number of hydrogen-bond donors (Lipinski definition) is 0. The van der Waals surface area contributed by atoms with Gasteiger partial charge in [0.25, 0.3) is 0 Å². The molecule has 0 saturated carbocycles. The Labute approximate surface area is 117 Å². The van der Waals surface area contributed by atoms with E-state index in [0.717, 1.165) is 24.8 Å². The third kappa shape index (κ3) is 5.60. The smallest absolute Gasteiger partial charge is 0.157 e. The Hall–Kier alpha value is -0.440. The van der Waals surface area contributed by atoms with E-state index >= 15 is 0 Å².